The molecular weight excluding hydrogens is 553 g/mol. The summed E-state index contributed by atoms with van der Waals surface area (Å²) >= 11 is 0. The molecule has 1 aliphatic carbocycles. The van der Waals surface area contributed by atoms with Gasteiger partial charge in [-0.15, -0.1) is 0 Å². The molecule has 1 unspecified atom stereocenters. The van der Waals surface area contributed by atoms with E-state index in [-0.39, 0.29) is 44.9 Å². The van der Waals surface area contributed by atoms with E-state index in [1.165, 1.54) is 4.90 Å². The number of hydrogen-bond donors (Lipinski definition) is 1. The van der Waals surface area contributed by atoms with Crippen molar-refractivity contribution in [3.8, 4) is 11.1 Å². The highest BCUT2D eigenvalue weighted by atomic mass is 19.4. The van der Waals surface area contributed by atoms with Gasteiger partial charge in [0, 0.05) is 32.0 Å². The first-order valence-corrected chi connectivity index (χ1v) is 14.1. The lowest BCUT2D eigenvalue weighted by Gasteiger charge is -2.39. The number of halogens is 3. The van der Waals surface area contributed by atoms with Gasteiger partial charge >= 0.3 is 24.3 Å². The maximum Gasteiger partial charge on any atom is 0.410 e. The maximum absolute atomic E-state index is 13.7. The molecule has 2 aromatic carbocycles. The average Bonchev–Trinajstić information content (AvgIpc) is 3.05. The van der Waals surface area contributed by atoms with Crippen molar-refractivity contribution in [3.05, 3.63) is 59.7 Å². The van der Waals surface area contributed by atoms with E-state index in [9.17, 15) is 32.7 Å². The molecular formula is C31H37F3N2O6. The molecule has 0 saturated carbocycles. The first-order valence-electron chi connectivity index (χ1n) is 14.1. The zero-order chi connectivity index (χ0) is 30.7. The number of likely N-dealkylation sites (tertiary alicyclic amines) is 1. The minimum Gasteiger partial charge on any atom is -0.479 e. The monoisotopic (exact) mass is 590 g/mol. The number of fused-ring (bicyclic) bond motifs is 3. The largest absolute Gasteiger partial charge is 0.479 e. The van der Waals surface area contributed by atoms with Crippen LogP contribution in [0.15, 0.2) is 48.5 Å². The van der Waals surface area contributed by atoms with Crippen LogP contribution >= 0.6 is 0 Å². The summed E-state index contributed by atoms with van der Waals surface area (Å²) in [6.07, 6.45) is -7.78. The van der Waals surface area contributed by atoms with Gasteiger partial charge in [0.1, 0.15) is 17.7 Å². The molecule has 1 saturated heterocycles. The molecule has 1 aliphatic heterocycles. The van der Waals surface area contributed by atoms with Gasteiger partial charge in [0.05, 0.1) is 0 Å². The Bertz CT molecular complexity index is 1260. The second kappa shape index (κ2) is 12.2. The molecule has 0 spiro atoms. The van der Waals surface area contributed by atoms with Crippen molar-refractivity contribution in [2.45, 2.75) is 76.1 Å². The predicted octanol–water partition coefficient (Wildman–Crippen LogP) is 6.82. The third kappa shape index (κ3) is 6.99. The molecule has 0 radical (unpaired) electrons. The van der Waals surface area contributed by atoms with Gasteiger partial charge in [-0.2, -0.15) is 13.2 Å². The van der Waals surface area contributed by atoms with Crippen molar-refractivity contribution in [3.63, 3.8) is 0 Å². The number of amides is 2. The number of carboxylic acid groups (broad SMARTS) is 1. The Morgan fingerprint density at radius 1 is 0.976 bits per heavy atom. The number of benzene rings is 2. The van der Waals surface area contributed by atoms with Crippen LogP contribution in [0.25, 0.3) is 11.1 Å². The standard InChI is InChI=1S/C31H37F3N2O6/c1-29(2,3)42-27(39)35-17-8-14-30(16-19-35,26(37)38)36(18-9-15-31(32,33)34)28(40)41-20-25-23-12-6-4-10-21(23)22-11-5-7-13-24(22)25/h4-7,10-13,25H,8-9,14-20H2,1-3H3,(H,37,38). The van der Waals surface area contributed by atoms with Crippen LogP contribution in [0.4, 0.5) is 22.8 Å². The third-order valence-electron chi connectivity index (χ3n) is 7.78. The Hall–Kier alpha value is -3.76. The van der Waals surface area contributed by atoms with Crippen LogP contribution in [0.1, 0.15) is 69.9 Å². The zero-order valence-electron chi connectivity index (χ0n) is 24.1. The highest BCUT2D eigenvalue weighted by Crippen LogP contribution is 2.44. The molecule has 8 nitrogen and oxygen atoms in total. The minimum absolute atomic E-state index is 0.0480. The maximum atomic E-state index is 13.7. The molecule has 228 valence electrons. The number of aliphatic carboxylic acids is 1. The van der Waals surface area contributed by atoms with Gasteiger partial charge in [-0.25, -0.2) is 14.4 Å². The van der Waals surface area contributed by atoms with Gasteiger partial charge in [-0.1, -0.05) is 48.5 Å². The normalized spacial score (nSPS) is 19.0. The number of carbonyl (C=O) groups is 3. The van der Waals surface area contributed by atoms with E-state index in [0.717, 1.165) is 27.2 Å². The quantitative estimate of drug-likeness (QED) is 0.380. The molecule has 1 atom stereocenters. The van der Waals surface area contributed by atoms with Gasteiger partial charge in [-0.05, 0) is 68.7 Å². The van der Waals surface area contributed by atoms with Crippen LogP contribution in [-0.4, -0.2) is 76.6 Å². The van der Waals surface area contributed by atoms with E-state index in [1.54, 1.807) is 20.8 Å². The number of alkyl halides is 3. The molecule has 0 aromatic heterocycles. The molecule has 1 N–H and O–H groups in total. The summed E-state index contributed by atoms with van der Waals surface area (Å²) in [5.74, 6) is -1.66. The van der Waals surface area contributed by atoms with Crippen LogP contribution in [-0.2, 0) is 14.3 Å². The first kappa shape index (κ1) is 31.2. The van der Waals surface area contributed by atoms with Gasteiger partial charge in [0.25, 0.3) is 0 Å². The fraction of sp³-hybridized carbons (Fsp3) is 0.516. The molecule has 1 fully saturated rings. The first-order chi connectivity index (χ1) is 19.7. The number of nitrogens with zero attached hydrogens (tertiary/aromatic N) is 2. The van der Waals surface area contributed by atoms with Gasteiger partial charge < -0.3 is 19.5 Å². The summed E-state index contributed by atoms with van der Waals surface area (Å²) in [5.41, 5.74) is 1.29. The van der Waals surface area contributed by atoms with Gasteiger partial charge in [-0.3, -0.25) is 4.90 Å². The fourth-order valence-corrected chi connectivity index (χ4v) is 5.82. The Labute approximate surface area is 243 Å². The summed E-state index contributed by atoms with van der Waals surface area (Å²) in [5, 5.41) is 10.4. The van der Waals surface area contributed by atoms with E-state index in [2.05, 4.69) is 0 Å². The lowest BCUT2D eigenvalue weighted by molar-refractivity contribution is -0.152. The number of carbonyl (C=O) groups excluding carboxylic acids is 2. The minimum atomic E-state index is -4.47. The topological polar surface area (TPSA) is 96.4 Å². The van der Waals surface area contributed by atoms with E-state index in [1.807, 2.05) is 48.5 Å². The number of hydrogen-bond acceptors (Lipinski definition) is 5. The summed E-state index contributed by atoms with van der Waals surface area (Å²) in [6.45, 7) is 4.70. The molecule has 4 rings (SSSR count). The second-order valence-electron chi connectivity index (χ2n) is 11.8. The van der Waals surface area contributed by atoms with Crippen molar-refractivity contribution in [1.29, 1.82) is 0 Å². The SMILES string of the molecule is CC(C)(C)OC(=O)N1CCCC(C(=O)O)(N(CCCC(F)(F)F)C(=O)OCC2c3ccccc3-c3ccccc32)CC1. The zero-order valence-corrected chi connectivity index (χ0v) is 24.1. The Balaban J connectivity index is 1.57. The Morgan fingerprint density at radius 3 is 2.12 bits per heavy atom. The van der Waals surface area contributed by atoms with Gasteiger partial charge in [0.2, 0.25) is 0 Å². The van der Waals surface area contributed by atoms with Crippen LogP contribution in [0.5, 0.6) is 0 Å². The predicted molar refractivity (Wildman–Crippen MR) is 149 cm³/mol. The molecule has 2 amide bonds. The summed E-state index contributed by atoms with van der Waals surface area (Å²) < 4.78 is 50.4. The van der Waals surface area contributed by atoms with E-state index < -0.39 is 54.9 Å². The number of ether oxygens (including phenoxy) is 2. The van der Waals surface area contributed by atoms with Crippen molar-refractivity contribution in [1.82, 2.24) is 9.80 Å². The van der Waals surface area contributed by atoms with Crippen LogP contribution in [0, 0.1) is 0 Å². The van der Waals surface area contributed by atoms with E-state index in [4.69, 9.17) is 9.47 Å². The number of rotatable bonds is 7. The Morgan fingerprint density at radius 2 is 1.57 bits per heavy atom. The number of carboxylic acids is 1. The lowest BCUT2D eigenvalue weighted by atomic mass is 9.88. The highest BCUT2D eigenvalue weighted by Gasteiger charge is 2.49. The molecule has 2 aliphatic rings. The van der Waals surface area contributed by atoms with Crippen molar-refractivity contribution in [2.24, 2.45) is 0 Å². The van der Waals surface area contributed by atoms with Crippen molar-refractivity contribution < 1.29 is 42.1 Å². The summed E-state index contributed by atoms with van der Waals surface area (Å²) in [7, 11) is 0. The average molecular weight is 591 g/mol. The van der Waals surface area contributed by atoms with Crippen LogP contribution in [0.3, 0.4) is 0 Å². The smallest absolute Gasteiger partial charge is 0.410 e. The molecule has 42 heavy (non-hydrogen) atoms. The van der Waals surface area contributed by atoms with E-state index in [0.29, 0.717) is 0 Å². The second-order valence-corrected chi connectivity index (χ2v) is 11.8. The lowest BCUT2D eigenvalue weighted by Crippen LogP contribution is -2.58. The van der Waals surface area contributed by atoms with Crippen molar-refractivity contribution >= 4 is 18.2 Å². The fourth-order valence-electron chi connectivity index (χ4n) is 5.82. The molecule has 1 heterocycles. The van der Waals surface area contributed by atoms with Crippen LogP contribution < -0.4 is 0 Å². The van der Waals surface area contributed by atoms with Crippen molar-refractivity contribution in [2.75, 3.05) is 26.2 Å². The molecule has 2 aromatic rings. The molecule has 11 heteroatoms. The van der Waals surface area contributed by atoms with Crippen LogP contribution in [0.2, 0.25) is 0 Å². The van der Waals surface area contributed by atoms with Gasteiger partial charge in [0.15, 0.2) is 0 Å². The summed E-state index contributed by atoms with van der Waals surface area (Å²) in [4.78, 5) is 41.5. The third-order valence-corrected chi connectivity index (χ3v) is 7.78. The van der Waals surface area contributed by atoms with E-state index >= 15 is 0 Å². The summed E-state index contributed by atoms with van der Waals surface area (Å²) in [6, 6.07) is 15.4. The molecule has 0 bridgehead atoms. The highest BCUT2D eigenvalue weighted by molar-refractivity contribution is 5.85. The Kier molecular flexibility index (Phi) is 9.08.